The monoisotopic (exact) mass is 285 g/mol. The van der Waals surface area contributed by atoms with Gasteiger partial charge in [-0.2, -0.15) is 0 Å². The molecule has 2 aromatic rings. The number of carbonyl (C=O) groups is 1. The summed E-state index contributed by atoms with van der Waals surface area (Å²) in [7, 11) is 0. The van der Waals surface area contributed by atoms with Gasteiger partial charge in [0.2, 0.25) is 0 Å². The van der Waals surface area contributed by atoms with Crippen molar-refractivity contribution < 1.29 is 9.90 Å². The van der Waals surface area contributed by atoms with Crippen molar-refractivity contribution in [3.05, 3.63) is 53.6 Å². The van der Waals surface area contributed by atoms with Crippen LogP contribution < -0.4 is 0 Å². The summed E-state index contributed by atoms with van der Waals surface area (Å²) in [5, 5.41) is 9.41. The lowest BCUT2D eigenvalue weighted by Gasteiger charge is -2.32. The van der Waals surface area contributed by atoms with Gasteiger partial charge in [0.1, 0.15) is 6.04 Å². The van der Waals surface area contributed by atoms with Crippen LogP contribution in [0.15, 0.2) is 36.7 Å². The molecule has 110 valence electrons. The molecule has 0 bridgehead atoms. The first kappa shape index (κ1) is 13.8. The average molecular weight is 285 g/mol. The zero-order chi connectivity index (χ0) is 14.7. The van der Waals surface area contributed by atoms with E-state index in [1.165, 1.54) is 5.56 Å². The quantitative estimate of drug-likeness (QED) is 0.879. The number of carboxylic acid groups (broad SMARTS) is 1. The highest BCUT2D eigenvalue weighted by molar-refractivity contribution is 5.74. The van der Waals surface area contributed by atoms with E-state index in [0.29, 0.717) is 13.0 Å². The Morgan fingerprint density at radius 2 is 2.19 bits per heavy atom. The van der Waals surface area contributed by atoms with Gasteiger partial charge in [0.25, 0.3) is 0 Å². The minimum absolute atomic E-state index is 0.462. The van der Waals surface area contributed by atoms with E-state index >= 15 is 0 Å². The number of H-pyrrole nitrogens is 1. The molecule has 0 saturated heterocycles. The van der Waals surface area contributed by atoms with Crippen LogP contribution in [-0.4, -0.2) is 38.5 Å². The van der Waals surface area contributed by atoms with Gasteiger partial charge < -0.3 is 10.1 Å². The first-order valence-electron chi connectivity index (χ1n) is 7.26. The third kappa shape index (κ3) is 3.13. The minimum atomic E-state index is -0.761. The lowest BCUT2D eigenvalue weighted by atomic mass is 10.0. The maximum Gasteiger partial charge on any atom is 0.321 e. The predicted octanol–water partition coefficient (Wildman–Crippen LogP) is 1.85. The molecule has 1 aromatic heterocycles. The molecule has 1 aliphatic rings. The van der Waals surface area contributed by atoms with E-state index in [9.17, 15) is 9.90 Å². The molecule has 0 spiro atoms. The second-order valence-electron chi connectivity index (χ2n) is 5.45. The summed E-state index contributed by atoms with van der Waals surface area (Å²) in [5.74, 6) is -0.761. The van der Waals surface area contributed by atoms with Crippen LogP contribution in [0.4, 0.5) is 0 Å². The topological polar surface area (TPSA) is 69.2 Å². The average Bonchev–Trinajstić information content (AvgIpc) is 2.94. The Morgan fingerprint density at radius 1 is 1.38 bits per heavy atom. The number of hydrogen-bond donors (Lipinski definition) is 2. The second kappa shape index (κ2) is 6.10. The molecule has 2 N–H and O–H groups in total. The maximum absolute atomic E-state index is 11.4. The van der Waals surface area contributed by atoms with Crippen LogP contribution in [0, 0.1) is 0 Å². The SMILES string of the molecule is O=C(O)[C@H]1Cc2nc[nH]c2CN1CCCc1ccccc1. The number of aryl methyl sites for hydroxylation is 1. The van der Waals surface area contributed by atoms with Crippen LogP contribution in [0.25, 0.3) is 0 Å². The molecule has 0 aliphatic carbocycles. The van der Waals surface area contributed by atoms with Crippen LogP contribution in [0.3, 0.4) is 0 Å². The van der Waals surface area contributed by atoms with Crippen molar-refractivity contribution in [3.63, 3.8) is 0 Å². The molecule has 21 heavy (non-hydrogen) atoms. The van der Waals surface area contributed by atoms with Crippen molar-refractivity contribution in [2.45, 2.75) is 31.8 Å². The molecule has 5 heteroatoms. The van der Waals surface area contributed by atoms with Gasteiger partial charge in [-0.15, -0.1) is 0 Å². The van der Waals surface area contributed by atoms with E-state index in [1.807, 2.05) is 23.1 Å². The summed E-state index contributed by atoms with van der Waals surface area (Å²) in [4.78, 5) is 20.8. The highest BCUT2D eigenvalue weighted by Gasteiger charge is 2.32. The number of fused-ring (bicyclic) bond motifs is 1. The normalized spacial score (nSPS) is 18.4. The Balaban J connectivity index is 1.62. The highest BCUT2D eigenvalue weighted by atomic mass is 16.4. The Bertz CT molecular complexity index is 609. The van der Waals surface area contributed by atoms with Crippen molar-refractivity contribution in [1.82, 2.24) is 14.9 Å². The van der Waals surface area contributed by atoms with Crippen molar-refractivity contribution in [2.75, 3.05) is 6.54 Å². The first-order valence-corrected chi connectivity index (χ1v) is 7.26. The van der Waals surface area contributed by atoms with Crippen molar-refractivity contribution in [3.8, 4) is 0 Å². The first-order chi connectivity index (χ1) is 10.2. The molecule has 3 rings (SSSR count). The summed E-state index contributed by atoms with van der Waals surface area (Å²) in [5.41, 5.74) is 3.23. The van der Waals surface area contributed by atoms with E-state index in [2.05, 4.69) is 22.1 Å². The van der Waals surface area contributed by atoms with E-state index in [-0.39, 0.29) is 0 Å². The van der Waals surface area contributed by atoms with Gasteiger partial charge in [-0.1, -0.05) is 30.3 Å². The van der Waals surface area contributed by atoms with E-state index in [0.717, 1.165) is 30.8 Å². The lowest BCUT2D eigenvalue weighted by molar-refractivity contribution is -0.144. The zero-order valence-electron chi connectivity index (χ0n) is 11.8. The minimum Gasteiger partial charge on any atom is -0.480 e. The number of aromatic amines is 1. The van der Waals surface area contributed by atoms with Crippen molar-refractivity contribution in [2.24, 2.45) is 0 Å². The molecule has 2 heterocycles. The van der Waals surface area contributed by atoms with E-state index < -0.39 is 12.0 Å². The highest BCUT2D eigenvalue weighted by Crippen LogP contribution is 2.21. The summed E-state index contributed by atoms with van der Waals surface area (Å²) in [6.45, 7) is 1.42. The van der Waals surface area contributed by atoms with Gasteiger partial charge in [-0.3, -0.25) is 9.69 Å². The van der Waals surface area contributed by atoms with Gasteiger partial charge in [0.15, 0.2) is 0 Å². The van der Waals surface area contributed by atoms with Gasteiger partial charge in [0, 0.05) is 13.0 Å². The third-order valence-corrected chi connectivity index (χ3v) is 4.03. The molecule has 1 aromatic carbocycles. The summed E-state index contributed by atoms with van der Waals surface area (Å²) < 4.78 is 0. The van der Waals surface area contributed by atoms with Crippen LogP contribution >= 0.6 is 0 Å². The van der Waals surface area contributed by atoms with Gasteiger partial charge in [-0.05, 0) is 24.9 Å². The molecule has 0 radical (unpaired) electrons. The molecule has 1 atom stereocenters. The number of rotatable bonds is 5. The maximum atomic E-state index is 11.4. The summed E-state index contributed by atoms with van der Waals surface area (Å²) in [6.07, 6.45) is 4.06. The van der Waals surface area contributed by atoms with Crippen LogP contribution in [-0.2, 0) is 24.2 Å². The van der Waals surface area contributed by atoms with Crippen LogP contribution in [0.2, 0.25) is 0 Å². The Hall–Kier alpha value is -2.14. The molecular formula is C16H19N3O2. The fraction of sp³-hybridized carbons (Fsp3) is 0.375. The Morgan fingerprint density at radius 3 is 2.95 bits per heavy atom. The number of benzene rings is 1. The molecule has 0 unspecified atom stereocenters. The Labute approximate surface area is 123 Å². The molecule has 0 saturated carbocycles. The number of hydrogen-bond acceptors (Lipinski definition) is 3. The number of aromatic nitrogens is 2. The molecule has 0 amide bonds. The fourth-order valence-corrected chi connectivity index (χ4v) is 2.90. The fourth-order valence-electron chi connectivity index (χ4n) is 2.90. The molecule has 1 aliphatic heterocycles. The van der Waals surface area contributed by atoms with Gasteiger partial charge >= 0.3 is 5.97 Å². The number of imidazole rings is 1. The predicted molar refractivity (Wildman–Crippen MR) is 78.9 cm³/mol. The van der Waals surface area contributed by atoms with Crippen molar-refractivity contribution in [1.29, 1.82) is 0 Å². The van der Waals surface area contributed by atoms with E-state index in [4.69, 9.17) is 0 Å². The number of nitrogens with one attached hydrogen (secondary N) is 1. The summed E-state index contributed by atoms with van der Waals surface area (Å²) in [6, 6.07) is 9.83. The summed E-state index contributed by atoms with van der Waals surface area (Å²) >= 11 is 0. The van der Waals surface area contributed by atoms with Crippen molar-refractivity contribution >= 4 is 5.97 Å². The largest absolute Gasteiger partial charge is 0.480 e. The van der Waals surface area contributed by atoms with Gasteiger partial charge in [-0.25, -0.2) is 4.98 Å². The number of aliphatic carboxylic acids is 1. The van der Waals surface area contributed by atoms with E-state index in [1.54, 1.807) is 6.33 Å². The van der Waals surface area contributed by atoms with Crippen LogP contribution in [0.5, 0.6) is 0 Å². The third-order valence-electron chi connectivity index (χ3n) is 4.03. The second-order valence-corrected chi connectivity index (χ2v) is 5.45. The standard InChI is InChI=1S/C16H19N3O2/c20-16(21)15-9-13-14(18-11-17-13)10-19(15)8-4-7-12-5-2-1-3-6-12/h1-3,5-6,11,15H,4,7-10H2,(H,17,18)(H,20,21)/t15-/m1/s1. The molecule has 5 nitrogen and oxygen atoms in total. The van der Waals surface area contributed by atoms with Gasteiger partial charge in [0.05, 0.1) is 17.7 Å². The number of nitrogens with zero attached hydrogens (tertiary/aromatic N) is 2. The van der Waals surface area contributed by atoms with Crippen LogP contribution in [0.1, 0.15) is 23.4 Å². The zero-order valence-corrected chi connectivity index (χ0v) is 11.8. The molecular weight excluding hydrogens is 266 g/mol. The smallest absolute Gasteiger partial charge is 0.321 e. The number of carboxylic acids is 1. The lowest BCUT2D eigenvalue weighted by Crippen LogP contribution is -2.46. The Kier molecular flexibility index (Phi) is 4.01. The molecule has 0 fully saturated rings.